The van der Waals surface area contributed by atoms with Crippen molar-refractivity contribution in [2.24, 2.45) is 10.9 Å². The van der Waals surface area contributed by atoms with E-state index >= 15 is 0 Å². The van der Waals surface area contributed by atoms with E-state index in [0.29, 0.717) is 6.04 Å². The van der Waals surface area contributed by atoms with E-state index in [9.17, 15) is 0 Å². The SMILES string of the molecule is CCC(C)NC(=NCCc1ccco1)N1CCC(CN2CCOCC2)C1.I. The highest BCUT2D eigenvalue weighted by Gasteiger charge is 2.27. The summed E-state index contributed by atoms with van der Waals surface area (Å²) in [7, 11) is 0. The predicted molar refractivity (Wildman–Crippen MR) is 120 cm³/mol. The summed E-state index contributed by atoms with van der Waals surface area (Å²) in [5.74, 6) is 2.79. The number of halogens is 1. The molecule has 0 aromatic carbocycles. The molecule has 27 heavy (non-hydrogen) atoms. The Morgan fingerprint density at radius 3 is 2.85 bits per heavy atom. The van der Waals surface area contributed by atoms with Crippen molar-refractivity contribution in [3.63, 3.8) is 0 Å². The van der Waals surface area contributed by atoms with Gasteiger partial charge in [-0.25, -0.2) is 0 Å². The fraction of sp³-hybridized carbons (Fsp3) is 0.750. The third-order valence-corrected chi connectivity index (χ3v) is 5.39. The largest absolute Gasteiger partial charge is 0.469 e. The Balaban J connectivity index is 0.00000261. The van der Waals surface area contributed by atoms with Crippen molar-refractivity contribution in [1.82, 2.24) is 15.1 Å². The molecular weight excluding hydrogens is 455 g/mol. The molecule has 1 aromatic heterocycles. The Bertz CT molecular complexity index is 546. The van der Waals surface area contributed by atoms with E-state index in [1.807, 2.05) is 12.1 Å². The van der Waals surface area contributed by atoms with Gasteiger partial charge in [0.1, 0.15) is 5.76 Å². The van der Waals surface area contributed by atoms with Crippen molar-refractivity contribution in [1.29, 1.82) is 0 Å². The van der Waals surface area contributed by atoms with Gasteiger partial charge in [-0.1, -0.05) is 6.92 Å². The number of morpholine rings is 1. The first-order valence-corrected chi connectivity index (χ1v) is 10.1. The Morgan fingerprint density at radius 1 is 1.33 bits per heavy atom. The van der Waals surface area contributed by atoms with Gasteiger partial charge in [0.15, 0.2) is 5.96 Å². The van der Waals surface area contributed by atoms with Gasteiger partial charge in [-0.3, -0.25) is 9.89 Å². The van der Waals surface area contributed by atoms with Gasteiger partial charge in [0.25, 0.3) is 0 Å². The maximum atomic E-state index is 5.47. The summed E-state index contributed by atoms with van der Waals surface area (Å²) < 4.78 is 10.9. The van der Waals surface area contributed by atoms with Gasteiger partial charge in [0.05, 0.1) is 19.5 Å². The van der Waals surface area contributed by atoms with Crippen molar-refractivity contribution in [3.8, 4) is 0 Å². The molecule has 0 bridgehead atoms. The zero-order chi connectivity index (χ0) is 18.2. The molecule has 0 aliphatic carbocycles. The minimum Gasteiger partial charge on any atom is -0.469 e. The van der Waals surface area contributed by atoms with Gasteiger partial charge in [-0.2, -0.15) is 0 Å². The zero-order valence-electron chi connectivity index (χ0n) is 16.7. The molecule has 154 valence electrons. The topological polar surface area (TPSA) is 53.2 Å². The first kappa shape index (κ1) is 22.5. The Hall–Kier alpha value is -0.800. The number of nitrogens with zero attached hydrogens (tertiary/aromatic N) is 3. The van der Waals surface area contributed by atoms with Crippen LogP contribution in [0.15, 0.2) is 27.8 Å². The lowest BCUT2D eigenvalue weighted by molar-refractivity contribution is 0.0315. The van der Waals surface area contributed by atoms with Crippen LogP contribution in [-0.4, -0.2) is 74.3 Å². The third kappa shape index (κ3) is 7.27. The Kier molecular flexibility index (Phi) is 9.92. The van der Waals surface area contributed by atoms with Crippen LogP contribution in [-0.2, 0) is 11.2 Å². The van der Waals surface area contributed by atoms with Crippen molar-refractivity contribution in [3.05, 3.63) is 24.2 Å². The smallest absolute Gasteiger partial charge is 0.194 e. The van der Waals surface area contributed by atoms with Gasteiger partial charge in [0, 0.05) is 51.7 Å². The molecule has 0 amide bonds. The molecule has 2 saturated heterocycles. The standard InChI is InChI=1S/C20H34N4O2.HI/c1-3-17(2)22-20(21-8-6-19-5-4-12-26-19)24-9-7-18(16-24)15-23-10-13-25-14-11-23;/h4-5,12,17-18H,3,6-11,13-16H2,1-2H3,(H,21,22);1H. The predicted octanol–water partition coefficient (Wildman–Crippen LogP) is 2.84. The summed E-state index contributed by atoms with van der Waals surface area (Å²) in [6.07, 6.45) is 4.93. The van der Waals surface area contributed by atoms with Crippen molar-refractivity contribution < 1.29 is 9.15 Å². The van der Waals surface area contributed by atoms with E-state index in [1.165, 1.54) is 13.0 Å². The number of aliphatic imine (C=N–C) groups is 1. The summed E-state index contributed by atoms with van der Waals surface area (Å²) in [4.78, 5) is 9.88. The molecule has 0 saturated carbocycles. The molecule has 1 aromatic rings. The minimum atomic E-state index is 0. The number of rotatable bonds is 7. The molecular formula is C20H35IN4O2. The van der Waals surface area contributed by atoms with E-state index < -0.39 is 0 Å². The van der Waals surface area contributed by atoms with E-state index in [4.69, 9.17) is 14.1 Å². The van der Waals surface area contributed by atoms with Crippen LogP contribution in [0.25, 0.3) is 0 Å². The second-order valence-corrected chi connectivity index (χ2v) is 7.50. The molecule has 0 spiro atoms. The molecule has 2 aliphatic rings. The number of hydrogen-bond donors (Lipinski definition) is 1. The van der Waals surface area contributed by atoms with Gasteiger partial charge in [-0.05, 0) is 37.8 Å². The van der Waals surface area contributed by atoms with Crippen LogP contribution in [0.3, 0.4) is 0 Å². The average molecular weight is 490 g/mol. The van der Waals surface area contributed by atoms with Crippen LogP contribution >= 0.6 is 24.0 Å². The lowest BCUT2D eigenvalue weighted by atomic mass is 10.1. The van der Waals surface area contributed by atoms with Gasteiger partial charge in [0.2, 0.25) is 0 Å². The van der Waals surface area contributed by atoms with Crippen LogP contribution in [0.5, 0.6) is 0 Å². The fourth-order valence-corrected chi connectivity index (χ4v) is 3.61. The number of furan rings is 1. The van der Waals surface area contributed by atoms with Crippen molar-refractivity contribution in [2.75, 3.05) is 52.5 Å². The Labute approximate surface area is 180 Å². The zero-order valence-corrected chi connectivity index (χ0v) is 19.1. The lowest BCUT2D eigenvalue weighted by Gasteiger charge is -2.29. The molecule has 7 heteroatoms. The van der Waals surface area contributed by atoms with Crippen LogP contribution < -0.4 is 5.32 Å². The lowest BCUT2D eigenvalue weighted by Crippen LogP contribution is -2.45. The molecule has 2 atom stereocenters. The van der Waals surface area contributed by atoms with E-state index in [-0.39, 0.29) is 24.0 Å². The third-order valence-electron chi connectivity index (χ3n) is 5.39. The van der Waals surface area contributed by atoms with E-state index in [1.54, 1.807) is 6.26 Å². The van der Waals surface area contributed by atoms with E-state index in [0.717, 1.165) is 76.4 Å². The van der Waals surface area contributed by atoms with Gasteiger partial charge < -0.3 is 19.4 Å². The summed E-state index contributed by atoms with van der Waals surface area (Å²) in [6, 6.07) is 4.40. The summed E-state index contributed by atoms with van der Waals surface area (Å²) >= 11 is 0. The molecule has 6 nitrogen and oxygen atoms in total. The minimum absolute atomic E-state index is 0. The molecule has 1 N–H and O–H groups in total. The maximum Gasteiger partial charge on any atom is 0.194 e. The van der Waals surface area contributed by atoms with Crippen molar-refractivity contribution in [2.45, 2.75) is 39.2 Å². The van der Waals surface area contributed by atoms with Crippen LogP contribution in [0.4, 0.5) is 0 Å². The van der Waals surface area contributed by atoms with Crippen LogP contribution in [0, 0.1) is 5.92 Å². The second-order valence-electron chi connectivity index (χ2n) is 7.50. The van der Waals surface area contributed by atoms with E-state index in [2.05, 4.69) is 29.0 Å². The number of nitrogens with one attached hydrogen (secondary N) is 1. The first-order valence-electron chi connectivity index (χ1n) is 10.1. The summed E-state index contributed by atoms with van der Waals surface area (Å²) in [5.41, 5.74) is 0. The van der Waals surface area contributed by atoms with Gasteiger partial charge in [-0.15, -0.1) is 24.0 Å². The molecule has 2 fully saturated rings. The Morgan fingerprint density at radius 2 is 2.15 bits per heavy atom. The summed E-state index contributed by atoms with van der Waals surface area (Å²) in [5, 5.41) is 3.62. The highest BCUT2D eigenvalue weighted by Crippen LogP contribution is 2.18. The number of guanidine groups is 1. The first-order chi connectivity index (χ1) is 12.7. The summed E-state index contributed by atoms with van der Waals surface area (Å²) in [6.45, 7) is 12.5. The molecule has 0 radical (unpaired) electrons. The second kappa shape index (κ2) is 11.9. The fourth-order valence-electron chi connectivity index (χ4n) is 3.61. The average Bonchev–Trinajstić information content (AvgIpc) is 3.34. The normalized spacial score (nSPS) is 22.5. The number of ether oxygens (including phenoxy) is 1. The van der Waals surface area contributed by atoms with Gasteiger partial charge >= 0.3 is 0 Å². The molecule has 2 aliphatic heterocycles. The molecule has 3 heterocycles. The van der Waals surface area contributed by atoms with Crippen LogP contribution in [0.2, 0.25) is 0 Å². The maximum absolute atomic E-state index is 5.47. The highest BCUT2D eigenvalue weighted by atomic mass is 127. The molecule has 3 rings (SSSR count). The number of hydrogen-bond acceptors (Lipinski definition) is 4. The van der Waals surface area contributed by atoms with Crippen molar-refractivity contribution >= 4 is 29.9 Å². The highest BCUT2D eigenvalue weighted by molar-refractivity contribution is 14.0. The number of likely N-dealkylation sites (tertiary alicyclic amines) is 1. The molecule has 2 unspecified atom stereocenters. The van der Waals surface area contributed by atoms with Crippen LogP contribution in [0.1, 0.15) is 32.4 Å². The quantitative estimate of drug-likeness (QED) is 0.362. The monoisotopic (exact) mass is 490 g/mol.